The van der Waals surface area contributed by atoms with Gasteiger partial charge in [0.2, 0.25) is 0 Å². The van der Waals surface area contributed by atoms with E-state index >= 15 is 0 Å². The number of nitriles is 1. The molecular formula is C32H35F2N7O2. The number of anilines is 2. The maximum Gasteiger partial charge on any atom is 0.387 e. The molecule has 1 N–H and O–H groups in total. The van der Waals surface area contributed by atoms with Crippen LogP contribution in [-0.2, 0) is 0 Å². The molecule has 0 saturated carbocycles. The van der Waals surface area contributed by atoms with Gasteiger partial charge in [-0.15, -0.1) is 0 Å². The van der Waals surface area contributed by atoms with Gasteiger partial charge in [0.25, 0.3) is 5.91 Å². The second-order valence-electron chi connectivity index (χ2n) is 10.9. The number of piperidine rings is 1. The highest BCUT2D eigenvalue weighted by molar-refractivity contribution is 5.96. The predicted molar refractivity (Wildman–Crippen MR) is 160 cm³/mol. The molecule has 1 aliphatic heterocycles. The first-order valence-electron chi connectivity index (χ1n) is 14.4. The number of carbonyl (C=O) groups is 1. The number of aryl methyl sites for hydroxylation is 1. The van der Waals surface area contributed by atoms with Crippen molar-refractivity contribution in [1.82, 2.24) is 24.2 Å². The quantitative estimate of drug-likeness (QED) is 0.225. The molecule has 43 heavy (non-hydrogen) atoms. The highest BCUT2D eigenvalue weighted by Crippen LogP contribution is 2.28. The number of nitrogens with one attached hydrogen (secondary N) is 1. The van der Waals surface area contributed by atoms with E-state index in [1.807, 2.05) is 36.6 Å². The van der Waals surface area contributed by atoms with Crippen LogP contribution in [0.1, 0.15) is 41.6 Å². The molecule has 0 atom stereocenters. The molecule has 1 saturated heterocycles. The Morgan fingerprint density at radius 2 is 1.95 bits per heavy atom. The molecule has 5 rings (SSSR count). The van der Waals surface area contributed by atoms with Crippen molar-refractivity contribution >= 4 is 23.1 Å². The van der Waals surface area contributed by atoms with Crippen molar-refractivity contribution in [1.29, 1.82) is 5.26 Å². The van der Waals surface area contributed by atoms with E-state index in [9.17, 15) is 13.6 Å². The van der Waals surface area contributed by atoms with E-state index in [2.05, 4.69) is 31.0 Å². The third-order valence-corrected chi connectivity index (χ3v) is 7.99. The average Bonchev–Trinajstić information content (AvgIpc) is 3.44. The van der Waals surface area contributed by atoms with Gasteiger partial charge in [0.1, 0.15) is 5.75 Å². The first-order valence-corrected chi connectivity index (χ1v) is 14.4. The van der Waals surface area contributed by atoms with E-state index in [4.69, 9.17) is 5.26 Å². The number of rotatable bonds is 11. The molecule has 1 amide bonds. The lowest BCUT2D eigenvalue weighted by atomic mass is 9.93. The summed E-state index contributed by atoms with van der Waals surface area (Å²) >= 11 is 0. The van der Waals surface area contributed by atoms with Crippen molar-refractivity contribution < 1.29 is 18.3 Å². The number of ether oxygens (including phenoxy) is 1. The monoisotopic (exact) mass is 587 g/mol. The Morgan fingerprint density at radius 3 is 2.65 bits per heavy atom. The number of fused-ring (bicyclic) bond motifs is 1. The lowest BCUT2D eigenvalue weighted by Crippen LogP contribution is -2.36. The van der Waals surface area contributed by atoms with Crippen molar-refractivity contribution in [2.45, 2.75) is 39.2 Å². The van der Waals surface area contributed by atoms with Gasteiger partial charge < -0.3 is 19.9 Å². The SMILES string of the molecule is Cc1cc(Nc2nccn3c(-c4ccc(OC(F)F)cc4)cnc23)ccc1C(=O)N(C)CCC1CCN(CCC#N)CC1. The molecule has 1 aliphatic rings. The van der Waals surface area contributed by atoms with Crippen LogP contribution in [0.3, 0.4) is 0 Å². The van der Waals surface area contributed by atoms with Gasteiger partial charge in [0.15, 0.2) is 11.5 Å². The molecule has 2 aromatic heterocycles. The Labute approximate surface area is 249 Å². The van der Waals surface area contributed by atoms with Crippen LogP contribution in [0.25, 0.3) is 16.9 Å². The van der Waals surface area contributed by atoms with Crippen LogP contribution in [0.4, 0.5) is 20.3 Å². The lowest BCUT2D eigenvalue weighted by Gasteiger charge is -2.32. The fourth-order valence-electron chi connectivity index (χ4n) is 5.54. The molecule has 4 aromatic rings. The average molecular weight is 588 g/mol. The minimum absolute atomic E-state index is 0.00130. The minimum Gasteiger partial charge on any atom is -0.435 e. The summed E-state index contributed by atoms with van der Waals surface area (Å²) < 4.78 is 31.3. The number of carbonyl (C=O) groups excluding carboxylic acids is 1. The molecule has 11 heteroatoms. The standard InChI is InChI=1S/C32H35F2N7O2/c1-22-20-25(6-9-27(22)31(42)39(2)16-10-23-11-17-40(18-12-23)15-3-13-35)38-29-30-37-21-28(41(30)19-14-36-29)24-4-7-26(8-5-24)43-32(33)34/h4-9,14,19-21,23,32H,3,10-12,15-18H2,1-2H3,(H,36,38). The van der Waals surface area contributed by atoms with E-state index in [0.717, 1.165) is 61.4 Å². The molecule has 2 aromatic carbocycles. The molecule has 224 valence electrons. The summed E-state index contributed by atoms with van der Waals surface area (Å²) in [6, 6.07) is 14.2. The van der Waals surface area contributed by atoms with Gasteiger partial charge in [-0.25, -0.2) is 9.97 Å². The minimum atomic E-state index is -2.88. The van der Waals surface area contributed by atoms with Crippen molar-refractivity contribution in [2.75, 3.05) is 38.5 Å². The number of hydrogen-bond acceptors (Lipinski definition) is 7. The maximum atomic E-state index is 13.3. The topological polar surface area (TPSA) is 98.8 Å². The fraction of sp³-hybridized carbons (Fsp3) is 0.375. The highest BCUT2D eigenvalue weighted by Gasteiger charge is 2.21. The Kier molecular flexibility index (Phi) is 9.47. The third kappa shape index (κ3) is 7.27. The zero-order chi connectivity index (χ0) is 30.3. The van der Waals surface area contributed by atoms with Crippen LogP contribution in [0, 0.1) is 24.2 Å². The zero-order valence-corrected chi connectivity index (χ0v) is 24.3. The molecule has 0 unspecified atom stereocenters. The molecule has 3 heterocycles. The third-order valence-electron chi connectivity index (χ3n) is 7.99. The van der Waals surface area contributed by atoms with Crippen LogP contribution >= 0.6 is 0 Å². The molecule has 1 fully saturated rings. The normalized spacial score (nSPS) is 14.1. The second-order valence-corrected chi connectivity index (χ2v) is 10.9. The van der Waals surface area contributed by atoms with E-state index in [1.165, 1.54) is 12.1 Å². The van der Waals surface area contributed by atoms with Crippen LogP contribution < -0.4 is 10.1 Å². The van der Waals surface area contributed by atoms with Crippen molar-refractivity contribution in [2.24, 2.45) is 5.92 Å². The summed E-state index contributed by atoms with van der Waals surface area (Å²) in [6.07, 6.45) is 8.90. The lowest BCUT2D eigenvalue weighted by molar-refractivity contribution is -0.0498. The number of nitrogens with zero attached hydrogens (tertiary/aromatic N) is 6. The van der Waals surface area contributed by atoms with Crippen molar-refractivity contribution in [3.63, 3.8) is 0 Å². The van der Waals surface area contributed by atoms with Crippen molar-refractivity contribution in [3.8, 4) is 23.1 Å². The number of benzene rings is 2. The molecule has 9 nitrogen and oxygen atoms in total. The Balaban J connectivity index is 1.21. The number of likely N-dealkylation sites (tertiary alicyclic amines) is 1. The molecule has 0 aliphatic carbocycles. The number of halogens is 2. The first-order chi connectivity index (χ1) is 20.8. The van der Waals surface area contributed by atoms with Gasteiger partial charge in [0, 0.05) is 55.8 Å². The Hall–Kier alpha value is -4.56. The largest absolute Gasteiger partial charge is 0.435 e. The maximum absolute atomic E-state index is 13.3. The Morgan fingerprint density at radius 1 is 1.19 bits per heavy atom. The summed E-state index contributed by atoms with van der Waals surface area (Å²) in [5.41, 5.74) is 4.45. The van der Waals surface area contributed by atoms with E-state index in [0.29, 0.717) is 35.9 Å². The smallest absolute Gasteiger partial charge is 0.387 e. The predicted octanol–water partition coefficient (Wildman–Crippen LogP) is 6.14. The highest BCUT2D eigenvalue weighted by atomic mass is 19.3. The molecular weight excluding hydrogens is 552 g/mol. The van der Waals surface area contributed by atoms with E-state index in [1.54, 1.807) is 35.6 Å². The van der Waals surface area contributed by atoms with E-state index in [-0.39, 0.29) is 11.7 Å². The van der Waals surface area contributed by atoms with Gasteiger partial charge in [-0.1, -0.05) is 0 Å². The van der Waals surface area contributed by atoms with Gasteiger partial charge >= 0.3 is 6.61 Å². The van der Waals surface area contributed by atoms with Crippen LogP contribution in [0.2, 0.25) is 0 Å². The Bertz CT molecular complexity index is 1590. The summed E-state index contributed by atoms with van der Waals surface area (Å²) in [7, 11) is 1.86. The molecule has 0 bridgehead atoms. The number of alkyl halides is 2. The van der Waals surface area contributed by atoms with Crippen LogP contribution in [-0.4, -0.2) is 69.9 Å². The van der Waals surface area contributed by atoms with Gasteiger partial charge in [-0.2, -0.15) is 14.0 Å². The van der Waals surface area contributed by atoms with Gasteiger partial charge in [-0.05, 0) is 93.2 Å². The number of hydrogen-bond donors (Lipinski definition) is 1. The van der Waals surface area contributed by atoms with Crippen molar-refractivity contribution in [3.05, 3.63) is 72.2 Å². The first kappa shape index (κ1) is 29.9. The molecule has 0 radical (unpaired) electrons. The van der Waals surface area contributed by atoms with Crippen LogP contribution in [0.5, 0.6) is 5.75 Å². The number of imidazole rings is 1. The summed E-state index contributed by atoms with van der Waals surface area (Å²) in [4.78, 5) is 26.4. The zero-order valence-electron chi connectivity index (χ0n) is 24.3. The summed E-state index contributed by atoms with van der Waals surface area (Å²) in [5, 5.41) is 12.1. The fourth-order valence-corrected chi connectivity index (χ4v) is 5.54. The molecule has 0 spiro atoms. The van der Waals surface area contributed by atoms with Gasteiger partial charge in [0.05, 0.1) is 18.0 Å². The van der Waals surface area contributed by atoms with Crippen LogP contribution in [0.15, 0.2) is 61.1 Å². The second kappa shape index (κ2) is 13.6. The van der Waals surface area contributed by atoms with Gasteiger partial charge in [-0.3, -0.25) is 9.20 Å². The van der Waals surface area contributed by atoms with E-state index < -0.39 is 6.61 Å². The number of aromatic nitrogens is 3. The summed E-state index contributed by atoms with van der Waals surface area (Å²) in [6.45, 7) is 2.64. The summed E-state index contributed by atoms with van der Waals surface area (Å²) in [5.74, 6) is 1.22. The number of amides is 1.